The second-order valence-corrected chi connectivity index (χ2v) is 7.15. The molecule has 3 heterocycles. The average molecular weight is 410 g/mol. The molecule has 1 atom stereocenters. The topological polar surface area (TPSA) is 95.4 Å². The Kier molecular flexibility index (Phi) is 5.17. The molecule has 0 saturated carbocycles. The number of benzene rings is 1. The molecular formula is C22H23FN4O3. The average Bonchev–Trinajstić information content (AvgIpc) is 3.08. The van der Waals surface area contributed by atoms with Crippen LogP contribution in [0.2, 0.25) is 0 Å². The van der Waals surface area contributed by atoms with Crippen LogP contribution >= 0.6 is 0 Å². The largest absolute Gasteiger partial charge is 0.494 e. The summed E-state index contributed by atoms with van der Waals surface area (Å²) in [5, 5.41) is 11.8. The molecule has 4 rings (SSSR count). The number of ether oxygens (including phenoxy) is 2. The quantitative estimate of drug-likeness (QED) is 0.492. The van der Waals surface area contributed by atoms with E-state index < -0.39 is 5.82 Å². The highest BCUT2D eigenvalue weighted by molar-refractivity contribution is 6.12. The lowest BCUT2D eigenvalue weighted by Crippen LogP contribution is -2.06. The fraction of sp³-hybridized carbons (Fsp3) is 0.273. The molecular weight excluding hydrogens is 387 g/mol. The van der Waals surface area contributed by atoms with Crippen LogP contribution < -0.4 is 10.5 Å². The molecule has 8 heteroatoms. The van der Waals surface area contributed by atoms with E-state index in [1.54, 1.807) is 42.3 Å². The van der Waals surface area contributed by atoms with E-state index >= 15 is 0 Å². The van der Waals surface area contributed by atoms with Crippen LogP contribution in [0.5, 0.6) is 11.8 Å². The zero-order valence-corrected chi connectivity index (χ0v) is 17.0. The first kappa shape index (κ1) is 19.9. The summed E-state index contributed by atoms with van der Waals surface area (Å²) in [6.07, 6.45) is 4.01. The van der Waals surface area contributed by atoms with Crippen molar-refractivity contribution in [3.8, 4) is 22.9 Å². The minimum Gasteiger partial charge on any atom is -0.494 e. The lowest BCUT2D eigenvalue weighted by Gasteiger charge is -2.14. The molecule has 4 aromatic rings. The van der Waals surface area contributed by atoms with Crippen LogP contribution in [0.15, 0.2) is 36.7 Å². The lowest BCUT2D eigenvalue weighted by atomic mass is 10.0. The van der Waals surface area contributed by atoms with E-state index in [4.69, 9.17) is 15.2 Å². The van der Waals surface area contributed by atoms with Crippen molar-refractivity contribution in [3.05, 3.63) is 42.5 Å². The number of halogens is 1. The molecule has 0 aliphatic heterocycles. The third-order valence-corrected chi connectivity index (χ3v) is 5.35. The van der Waals surface area contributed by atoms with Gasteiger partial charge in [-0.1, -0.05) is 0 Å². The Labute approximate surface area is 172 Å². The highest BCUT2D eigenvalue weighted by Gasteiger charge is 2.22. The highest BCUT2D eigenvalue weighted by Crippen LogP contribution is 2.42. The van der Waals surface area contributed by atoms with E-state index in [0.29, 0.717) is 46.1 Å². The molecule has 156 valence electrons. The van der Waals surface area contributed by atoms with Crippen molar-refractivity contribution in [3.63, 3.8) is 0 Å². The first-order valence-corrected chi connectivity index (χ1v) is 9.57. The summed E-state index contributed by atoms with van der Waals surface area (Å²) in [5.41, 5.74) is 8.37. The second kappa shape index (κ2) is 7.79. The van der Waals surface area contributed by atoms with Crippen LogP contribution in [0, 0.1) is 5.82 Å². The number of nitrogens with zero attached hydrogens (tertiary/aromatic N) is 3. The Hall–Kier alpha value is -3.39. The first-order valence-electron chi connectivity index (χ1n) is 9.57. The monoisotopic (exact) mass is 410 g/mol. The van der Waals surface area contributed by atoms with Crippen molar-refractivity contribution in [2.24, 2.45) is 0 Å². The van der Waals surface area contributed by atoms with Gasteiger partial charge in [0.1, 0.15) is 5.82 Å². The van der Waals surface area contributed by atoms with Crippen molar-refractivity contribution in [1.82, 2.24) is 14.5 Å². The number of anilines is 1. The van der Waals surface area contributed by atoms with Gasteiger partial charge >= 0.3 is 0 Å². The minimum atomic E-state index is -0.461. The molecule has 3 N–H and O–H groups in total. The number of hydrogen-bond acceptors (Lipinski definition) is 6. The van der Waals surface area contributed by atoms with Crippen molar-refractivity contribution >= 4 is 27.5 Å². The Morgan fingerprint density at radius 2 is 2.07 bits per heavy atom. The van der Waals surface area contributed by atoms with Crippen molar-refractivity contribution in [2.75, 3.05) is 26.6 Å². The third kappa shape index (κ3) is 3.09. The predicted octanol–water partition coefficient (Wildman–Crippen LogP) is 4.28. The standard InChI is InChI=1S/C22H23FN4O3/c1-12(8-10-29-2)27-11-16-18(22(27)28)19(24)14-6-7-15(23)17(20(14)26-16)13-5-4-9-25-21(13)30-3/h4-7,9,11-12,28H,8,10,24H2,1-3H3/t12-/m0/s1. The summed E-state index contributed by atoms with van der Waals surface area (Å²) < 4.78 is 27.1. The second-order valence-electron chi connectivity index (χ2n) is 7.15. The van der Waals surface area contributed by atoms with E-state index in [9.17, 15) is 9.50 Å². The molecule has 1 aromatic carbocycles. The van der Waals surface area contributed by atoms with Crippen molar-refractivity contribution in [1.29, 1.82) is 0 Å². The molecule has 0 bridgehead atoms. The van der Waals surface area contributed by atoms with Crippen molar-refractivity contribution < 1.29 is 19.0 Å². The molecule has 3 aromatic heterocycles. The number of rotatable bonds is 6. The number of pyridine rings is 2. The number of nitrogens with two attached hydrogens (primary N) is 1. The fourth-order valence-corrected chi connectivity index (χ4v) is 3.76. The van der Waals surface area contributed by atoms with Gasteiger partial charge in [0.15, 0.2) is 0 Å². The number of nitrogen functional groups attached to an aromatic ring is 1. The van der Waals surface area contributed by atoms with Gasteiger partial charge in [-0.05, 0) is 37.6 Å². The molecule has 0 spiro atoms. The summed E-state index contributed by atoms with van der Waals surface area (Å²) in [6.45, 7) is 2.52. The SMILES string of the molecule is COCC[C@H](C)n1cc2nc3c(-c4cccnc4OC)c(F)ccc3c(N)c2c1O. The van der Waals surface area contributed by atoms with Gasteiger partial charge in [-0.15, -0.1) is 0 Å². The number of hydrogen-bond donors (Lipinski definition) is 2. The number of fused-ring (bicyclic) bond motifs is 2. The van der Waals surface area contributed by atoms with Crippen LogP contribution in [0.25, 0.3) is 32.9 Å². The number of methoxy groups -OCH3 is 2. The molecule has 0 amide bonds. The molecule has 7 nitrogen and oxygen atoms in total. The van der Waals surface area contributed by atoms with Crippen molar-refractivity contribution in [2.45, 2.75) is 19.4 Å². The molecule has 0 saturated heterocycles. The van der Waals surface area contributed by atoms with Crippen LogP contribution in [0.1, 0.15) is 19.4 Å². The molecule has 0 aliphatic rings. The van der Waals surface area contributed by atoms with Crippen LogP contribution in [-0.2, 0) is 4.74 Å². The smallest absolute Gasteiger partial charge is 0.221 e. The zero-order chi connectivity index (χ0) is 21.4. The zero-order valence-electron chi connectivity index (χ0n) is 17.0. The Morgan fingerprint density at radius 3 is 2.80 bits per heavy atom. The van der Waals surface area contributed by atoms with Crippen LogP contribution in [-0.4, -0.2) is 40.5 Å². The van der Waals surface area contributed by atoms with Gasteiger partial charge in [-0.3, -0.25) is 0 Å². The predicted molar refractivity (Wildman–Crippen MR) is 114 cm³/mol. The molecule has 0 fully saturated rings. The van der Waals surface area contributed by atoms with Gasteiger partial charge in [-0.2, -0.15) is 0 Å². The summed E-state index contributed by atoms with van der Waals surface area (Å²) in [4.78, 5) is 8.85. The van der Waals surface area contributed by atoms with Crippen LogP contribution in [0.4, 0.5) is 10.1 Å². The Bertz CT molecular complexity index is 1240. The molecule has 0 unspecified atom stereocenters. The molecule has 0 radical (unpaired) electrons. The van der Waals surface area contributed by atoms with Gasteiger partial charge in [0.25, 0.3) is 0 Å². The molecule has 0 aliphatic carbocycles. The van der Waals surface area contributed by atoms with Gasteiger partial charge in [-0.25, -0.2) is 14.4 Å². The maximum atomic E-state index is 15.0. The minimum absolute atomic E-state index is 0.0312. The fourth-order valence-electron chi connectivity index (χ4n) is 3.76. The van der Waals surface area contributed by atoms with Crippen LogP contribution in [0.3, 0.4) is 0 Å². The van der Waals surface area contributed by atoms with Gasteiger partial charge in [0.05, 0.1) is 29.2 Å². The summed E-state index contributed by atoms with van der Waals surface area (Å²) in [7, 11) is 3.11. The number of aromatic nitrogens is 3. The first-order chi connectivity index (χ1) is 14.5. The van der Waals surface area contributed by atoms with E-state index in [0.717, 1.165) is 0 Å². The van der Waals surface area contributed by atoms with E-state index in [-0.39, 0.29) is 23.4 Å². The highest BCUT2D eigenvalue weighted by atomic mass is 19.1. The van der Waals surface area contributed by atoms with Gasteiger partial charge < -0.3 is 24.9 Å². The lowest BCUT2D eigenvalue weighted by molar-refractivity contribution is 0.179. The van der Waals surface area contributed by atoms with E-state index in [2.05, 4.69) is 9.97 Å². The van der Waals surface area contributed by atoms with E-state index in [1.165, 1.54) is 13.2 Å². The summed E-state index contributed by atoms with van der Waals surface area (Å²) >= 11 is 0. The number of aromatic hydroxyl groups is 1. The van der Waals surface area contributed by atoms with Gasteiger partial charge in [0, 0.05) is 48.7 Å². The third-order valence-electron chi connectivity index (χ3n) is 5.35. The Balaban J connectivity index is 2.01. The summed E-state index contributed by atoms with van der Waals surface area (Å²) in [6, 6.07) is 6.31. The maximum absolute atomic E-state index is 15.0. The van der Waals surface area contributed by atoms with Gasteiger partial charge in [0.2, 0.25) is 11.8 Å². The maximum Gasteiger partial charge on any atom is 0.221 e. The molecule has 30 heavy (non-hydrogen) atoms. The van der Waals surface area contributed by atoms with E-state index in [1.807, 2.05) is 6.92 Å². The summed E-state index contributed by atoms with van der Waals surface area (Å²) in [5.74, 6) is -0.138. The normalized spacial score (nSPS) is 12.5. The Morgan fingerprint density at radius 1 is 1.27 bits per heavy atom.